The van der Waals surface area contributed by atoms with Gasteiger partial charge in [-0.25, -0.2) is 0 Å². The number of piperidine rings is 2. The van der Waals surface area contributed by atoms with Crippen LogP contribution in [0, 0.1) is 29.6 Å². The monoisotopic (exact) mass is 722 g/mol. The van der Waals surface area contributed by atoms with E-state index in [1.807, 2.05) is 11.1 Å². The molecule has 10 nitrogen and oxygen atoms in total. The van der Waals surface area contributed by atoms with E-state index in [0.29, 0.717) is 36.8 Å². The van der Waals surface area contributed by atoms with Gasteiger partial charge in [0.05, 0.1) is 30.7 Å². The van der Waals surface area contributed by atoms with Crippen molar-refractivity contribution >= 4 is 23.6 Å². The molecule has 290 valence electrons. The summed E-state index contributed by atoms with van der Waals surface area (Å²) in [6.07, 6.45) is 22.2. The maximum absolute atomic E-state index is 13.4. The molecule has 0 aromatic heterocycles. The van der Waals surface area contributed by atoms with Crippen molar-refractivity contribution in [2.75, 3.05) is 26.2 Å². The highest BCUT2D eigenvalue weighted by Crippen LogP contribution is 2.46. The highest BCUT2D eigenvalue weighted by Gasteiger charge is 2.54. The topological polar surface area (TPSA) is 128 Å². The standard InChI is InChI=1S/C42H66N4O6/c1-2-34(27-6-4-3-5-7-27)39(28-8-13-32(47)14-9-28)29-10-15-33(16-11-29)52-25-24-45-22-20-30(21-23-45)43-31-12-17-35-36(26-31)42(51)46(41(35)50)37-18-19-38(48)44-40(37)49/h27-33,35-37,43,47H,2-26H2,1H3,(H,44,48,49)/b39-34-. The van der Waals surface area contributed by atoms with Gasteiger partial charge >= 0.3 is 0 Å². The van der Waals surface area contributed by atoms with Crippen molar-refractivity contribution in [2.24, 2.45) is 29.6 Å². The fourth-order valence-corrected chi connectivity index (χ4v) is 11.6. The lowest BCUT2D eigenvalue weighted by molar-refractivity contribution is -0.151. The van der Waals surface area contributed by atoms with Crippen LogP contribution in [0.3, 0.4) is 0 Å². The van der Waals surface area contributed by atoms with Gasteiger partial charge in [-0.1, -0.05) is 37.3 Å². The van der Waals surface area contributed by atoms with E-state index in [9.17, 15) is 24.3 Å². The van der Waals surface area contributed by atoms with Crippen LogP contribution in [-0.2, 0) is 23.9 Å². The molecule has 3 N–H and O–H groups in total. The fourth-order valence-electron chi connectivity index (χ4n) is 11.6. The van der Waals surface area contributed by atoms with Crippen LogP contribution in [0.25, 0.3) is 0 Å². The number of fused-ring (bicyclic) bond motifs is 1. The molecule has 7 rings (SSSR count). The van der Waals surface area contributed by atoms with Crippen LogP contribution in [0.2, 0.25) is 0 Å². The summed E-state index contributed by atoms with van der Waals surface area (Å²) in [6.45, 7) is 6.26. The first kappa shape index (κ1) is 38.1. The lowest BCUT2D eigenvalue weighted by atomic mass is 9.68. The molecule has 4 amide bonds. The Balaban J connectivity index is 0.826. The number of aliphatic hydroxyl groups is 1. The van der Waals surface area contributed by atoms with Gasteiger partial charge in [0.2, 0.25) is 23.6 Å². The number of nitrogens with zero attached hydrogens (tertiary/aromatic N) is 2. The second-order valence-corrected chi connectivity index (χ2v) is 17.5. The SMILES string of the molecule is CC/C(=C(\C1CCC(O)CC1)C1CCC(OCCN2CCC(NC3CCC4C(=O)N(C5CCC(=O)NC5=O)C(=O)C4C3)CC2)CC1)C1CCCCC1. The van der Waals surface area contributed by atoms with Crippen LogP contribution >= 0.6 is 0 Å². The second kappa shape index (κ2) is 17.5. The first-order valence-electron chi connectivity index (χ1n) is 21.5. The van der Waals surface area contributed by atoms with Crippen LogP contribution in [-0.4, -0.2) is 95.1 Å². The smallest absolute Gasteiger partial charge is 0.249 e. The van der Waals surface area contributed by atoms with Crippen molar-refractivity contribution in [3.8, 4) is 0 Å². The lowest BCUT2D eigenvalue weighted by Gasteiger charge is -2.40. The molecule has 3 saturated heterocycles. The molecule has 7 aliphatic rings. The highest BCUT2D eigenvalue weighted by atomic mass is 16.5. The summed E-state index contributed by atoms with van der Waals surface area (Å²) in [6, 6.07) is -0.245. The molecule has 0 spiro atoms. The largest absolute Gasteiger partial charge is 0.393 e. The lowest BCUT2D eigenvalue weighted by Crippen LogP contribution is -2.54. The van der Waals surface area contributed by atoms with Gasteiger partial charge in [0.15, 0.2) is 0 Å². The van der Waals surface area contributed by atoms with Crippen molar-refractivity contribution in [3.63, 3.8) is 0 Å². The van der Waals surface area contributed by atoms with Crippen LogP contribution in [0.5, 0.6) is 0 Å². The van der Waals surface area contributed by atoms with E-state index < -0.39 is 11.9 Å². The average molecular weight is 723 g/mol. The Morgan fingerprint density at radius 2 is 1.42 bits per heavy atom. The molecule has 7 fully saturated rings. The van der Waals surface area contributed by atoms with Gasteiger partial charge in [-0.05, 0) is 140 Å². The Kier molecular flexibility index (Phi) is 12.9. The van der Waals surface area contributed by atoms with Gasteiger partial charge in [-0.15, -0.1) is 0 Å². The van der Waals surface area contributed by atoms with E-state index in [4.69, 9.17) is 4.74 Å². The predicted molar refractivity (Wildman–Crippen MR) is 199 cm³/mol. The molecule has 0 bridgehead atoms. The van der Waals surface area contributed by atoms with Gasteiger partial charge in [0, 0.05) is 25.0 Å². The van der Waals surface area contributed by atoms with E-state index in [1.54, 1.807) is 0 Å². The van der Waals surface area contributed by atoms with E-state index in [-0.39, 0.29) is 54.5 Å². The zero-order valence-electron chi connectivity index (χ0n) is 31.8. The third kappa shape index (κ3) is 8.71. The number of ether oxygens (including phenoxy) is 1. The molecule has 0 radical (unpaired) electrons. The van der Waals surface area contributed by atoms with Gasteiger partial charge in [-0.2, -0.15) is 0 Å². The van der Waals surface area contributed by atoms with Gasteiger partial charge in [0.1, 0.15) is 6.04 Å². The molecule has 4 saturated carbocycles. The Bertz CT molecular complexity index is 1310. The van der Waals surface area contributed by atoms with Crippen molar-refractivity contribution in [1.29, 1.82) is 0 Å². The number of carbonyl (C=O) groups is 4. The Morgan fingerprint density at radius 1 is 0.750 bits per heavy atom. The zero-order valence-corrected chi connectivity index (χ0v) is 31.8. The maximum Gasteiger partial charge on any atom is 0.249 e. The zero-order chi connectivity index (χ0) is 36.2. The van der Waals surface area contributed by atoms with E-state index >= 15 is 0 Å². The second-order valence-electron chi connectivity index (χ2n) is 17.5. The fraction of sp³-hybridized carbons (Fsp3) is 0.857. The number of likely N-dealkylation sites (tertiary alicyclic amines) is 2. The number of imide groups is 2. The predicted octanol–water partition coefficient (Wildman–Crippen LogP) is 5.41. The summed E-state index contributed by atoms with van der Waals surface area (Å²) in [4.78, 5) is 54.4. The Morgan fingerprint density at radius 3 is 2.10 bits per heavy atom. The van der Waals surface area contributed by atoms with Gasteiger partial charge < -0.3 is 20.1 Å². The first-order chi connectivity index (χ1) is 25.3. The number of carbonyl (C=O) groups excluding carboxylic acids is 4. The summed E-state index contributed by atoms with van der Waals surface area (Å²) in [5, 5.41) is 16.4. The van der Waals surface area contributed by atoms with Crippen molar-refractivity contribution in [1.82, 2.24) is 20.4 Å². The molecule has 0 aromatic carbocycles. The minimum Gasteiger partial charge on any atom is -0.393 e. The Hall–Kier alpha value is -2.14. The quantitative estimate of drug-likeness (QED) is 0.191. The number of hydrogen-bond donors (Lipinski definition) is 3. The van der Waals surface area contributed by atoms with E-state index in [1.165, 1.54) is 81.9 Å². The van der Waals surface area contributed by atoms with Crippen LogP contribution < -0.4 is 10.6 Å². The summed E-state index contributed by atoms with van der Waals surface area (Å²) in [7, 11) is 0. The summed E-state index contributed by atoms with van der Waals surface area (Å²) >= 11 is 0. The minimum atomic E-state index is -0.851. The number of nitrogens with one attached hydrogen (secondary N) is 2. The third-order valence-electron chi connectivity index (χ3n) is 14.4. The number of rotatable bonds is 11. The molecule has 52 heavy (non-hydrogen) atoms. The molecule has 3 aliphatic heterocycles. The third-order valence-corrected chi connectivity index (χ3v) is 14.4. The molecule has 4 unspecified atom stereocenters. The Labute approximate surface area is 311 Å². The van der Waals surface area contributed by atoms with Crippen LogP contribution in [0.1, 0.15) is 142 Å². The highest BCUT2D eigenvalue weighted by molar-refractivity contribution is 6.10. The molecular formula is C42H66N4O6. The normalized spacial score (nSPS) is 36.5. The molecule has 4 atom stereocenters. The molecule has 3 heterocycles. The van der Waals surface area contributed by atoms with Crippen molar-refractivity contribution in [3.05, 3.63) is 11.1 Å². The number of allylic oxidation sites excluding steroid dienone is 2. The van der Waals surface area contributed by atoms with Crippen molar-refractivity contribution in [2.45, 2.75) is 172 Å². The van der Waals surface area contributed by atoms with E-state index in [2.05, 4.69) is 22.5 Å². The average Bonchev–Trinajstić information content (AvgIpc) is 3.40. The van der Waals surface area contributed by atoms with E-state index in [0.717, 1.165) is 64.3 Å². The maximum atomic E-state index is 13.4. The molecule has 10 heteroatoms. The molecule has 0 aromatic rings. The molecule has 4 aliphatic carbocycles. The van der Waals surface area contributed by atoms with Gasteiger partial charge in [0.25, 0.3) is 0 Å². The van der Waals surface area contributed by atoms with Crippen molar-refractivity contribution < 1.29 is 29.0 Å². The summed E-state index contributed by atoms with van der Waals surface area (Å²) in [5.74, 6) is 0.150. The number of amides is 4. The van der Waals surface area contributed by atoms with Gasteiger partial charge in [-0.3, -0.25) is 29.4 Å². The van der Waals surface area contributed by atoms with Crippen LogP contribution in [0.15, 0.2) is 11.1 Å². The van der Waals surface area contributed by atoms with Crippen LogP contribution in [0.4, 0.5) is 0 Å². The summed E-state index contributed by atoms with van der Waals surface area (Å²) < 4.78 is 6.54. The number of aliphatic hydroxyl groups excluding tert-OH is 1. The minimum absolute atomic E-state index is 0.0954. The summed E-state index contributed by atoms with van der Waals surface area (Å²) in [5.41, 5.74) is 3.65. The number of hydrogen-bond acceptors (Lipinski definition) is 8. The first-order valence-corrected chi connectivity index (χ1v) is 21.5. The molecular weight excluding hydrogens is 656 g/mol.